The summed E-state index contributed by atoms with van der Waals surface area (Å²) >= 11 is 0. The van der Waals surface area contributed by atoms with Crippen LogP contribution in [0.25, 0.3) is 10.9 Å². The number of hydrogen-bond acceptors (Lipinski definition) is 2. The molecule has 0 bridgehead atoms. The lowest BCUT2D eigenvalue weighted by Crippen LogP contribution is -2.13. The van der Waals surface area contributed by atoms with Crippen LogP contribution in [0.5, 0.6) is 0 Å². The van der Waals surface area contributed by atoms with E-state index in [2.05, 4.69) is 5.32 Å². The number of benzene rings is 1. The smallest absolute Gasteiger partial charge is 0.323 e. The van der Waals surface area contributed by atoms with Gasteiger partial charge in [-0.2, -0.15) is 0 Å². The highest BCUT2D eigenvalue weighted by Crippen LogP contribution is 2.32. The fourth-order valence-corrected chi connectivity index (χ4v) is 2.45. The summed E-state index contributed by atoms with van der Waals surface area (Å²) in [5, 5.41) is 12.8. The number of carbonyl (C=O) groups is 2. The van der Waals surface area contributed by atoms with Gasteiger partial charge in [-0.05, 0) is 38.0 Å². The number of amides is 1. The molecule has 3 rings (SSSR count). The predicted octanol–water partition coefficient (Wildman–Crippen LogP) is 2.38. The summed E-state index contributed by atoms with van der Waals surface area (Å²) in [4.78, 5) is 22.8. The number of carbonyl (C=O) groups excluding carboxylic acids is 1. The van der Waals surface area contributed by atoms with Crippen molar-refractivity contribution in [3.63, 3.8) is 0 Å². The van der Waals surface area contributed by atoms with Gasteiger partial charge in [-0.1, -0.05) is 6.07 Å². The standard InChI is InChI=1S/C15H16N2O3/c1-9-7-11-12(16-15(20)10-5-6-10)3-2-4-13(11)17(9)8-14(18)19/h2-4,7,10H,5-6,8H2,1H3,(H,16,20)(H,18,19). The molecule has 5 heteroatoms. The van der Waals surface area contributed by atoms with E-state index in [9.17, 15) is 9.59 Å². The molecule has 20 heavy (non-hydrogen) atoms. The average Bonchev–Trinajstić information content (AvgIpc) is 3.18. The second-order valence-corrected chi connectivity index (χ2v) is 5.27. The average molecular weight is 272 g/mol. The van der Waals surface area contributed by atoms with Gasteiger partial charge in [0, 0.05) is 17.0 Å². The quantitative estimate of drug-likeness (QED) is 0.897. The highest BCUT2D eigenvalue weighted by Gasteiger charge is 2.29. The topological polar surface area (TPSA) is 71.3 Å². The van der Waals surface area contributed by atoms with Gasteiger partial charge in [-0.25, -0.2) is 0 Å². The molecular formula is C15H16N2O3. The molecule has 1 saturated carbocycles. The van der Waals surface area contributed by atoms with Gasteiger partial charge in [0.15, 0.2) is 0 Å². The fraction of sp³-hybridized carbons (Fsp3) is 0.333. The van der Waals surface area contributed by atoms with Gasteiger partial charge in [-0.3, -0.25) is 9.59 Å². The summed E-state index contributed by atoms with van der Waals surface area (Å²) < 4.78 is 1.74. The Bertz CT molecular complexity index is 698. The van der Waals surface area contributed by atoms with Crippen LogP contribution in [0.15, 0.2) is 24.3 Å². The maximum atomic E-state index is 11.9. The minimum absolute atomic E-state index is 0.0566. The molecule has 0 unspecified atom stereocenters. The molecule has 2 aromatic rings. The number of nitrogens with one attached hydrogen (secondary N) is 1. The van der Waals surface area contributed by atoms with E-state index in [-0.39, 0.29) is 18.4 Å². The molecule has 1 aliphatic rings. The van der Waals surface area contributed by atoms with Crippen LogP contribution in [-0.4, -0.2) is 21.6 Å². The van der Waals surface area contributed by atoms with Crippen molar-refractivity contribution in [2.45, 2.75) is 26.3 Å². The van der Waals surface area contributed by atoms with Crippen molar-refractivity contribution in [1.29, 1.82) is 0 Å². The number of carboxylic acids is 1. The van der Waals surface area contributed by atoms with Crippen molar-refractivity contribution in [2.24, 2.45) is 5.92 Å². The number of rotatable bonds is 4. The number of anilines is 1. The Kier molecular flexibility index (Phi) is 2.97. The second kappa shape index (κ2) is 4.67. The van der Waals surface area contributed by atoms with E-state index >= 15 is 0 Å². The predicted molar refractivity (Wildman–Crippen MR) is 75.7 cm³/mol. The van der Waals surface area contributed by atoms with E-state index in [1.165, 1.54) is 0 Å². The Morgan fingerprint density at radius 1 is 1.40 bits per heavy atom. The largest absolute Gasteiger partial charge is 0.480 e. The number of fused-ring (bicyclic) bond motifs is 1. The van der Waals surface area contributed by atoms with Crippen LogP contribution < -0.4 is 5.32 Å². The van der Waals surface area contributed by atoms with Crippen molar-refractivity contribution < 1.29 is 14.7 Å². The molecule has 0 saturated heterocycles. The first kappa shape index (κ1) is 12.7. The van der Waals surface area contributed by atoms with Crippen molar-refractivity contribution in [3.05, 3.63) is 30.0 Å². The van der Waals surface area contributed by atoms with Crippen LogP contribution in [0.2, 0.25) is 0 Å². The third-order valence-electron chi connectivity index (χ3n) is 3.65. The molecule has 1 aliphatic carbocycles. The zero-order valence-electron chi connectivity index (χ0n) is 11.2. The summed E-state index contributed by atoms with van der Waals surface area (Å²) in [7, 11) is 0. The number of carboxylic acid groups (broad SMARTS) is 1. The first-order valence-corrected chi connectivity index (χ1v) is 6.68. The van der Waals surface area contributed by atoms with Crippen LogP contribution in [0.4, 0.5) is 5.69 Å². The SMILES string of the molecule is Cc1cc2c(NC(=O)C3CC3)cccc2n1CC(=O)O. The van der Waals surface area contributed by atoms with Gasteiger partial charge >= 0.3 is 5.97 Å². The molecule has 1 aromatic heterocycles. The zero-order valence-corrected chi connectivity index (χ0v) is 11.2. The summed E-state index contributed by atoms with van der Waals surface area (Å²) in [5.74, 6) is -0.674. The number of aryl methyl sites for hydroxylation is 1. The Balaban J connectivity index is 2.01. The lowest BCUT2D eigenvalue weighted by molar-refractivity contribution is -0.137. The Morgan fingerprint density at radius 2 is 2.15 bits per heavy atom. The van der Waals surface area contributed by atoms with Gasteiger partial charge in [0.2, 0.25) is 5.91 Å². The Labute approximate surface area is 116 Å². The normalized spacial score (nSPS) is 14.4. The van der Waals surface area contributed by atoms with E-state index in [0.717, 1.165) is 35.1 Å². The Hall–Kier alpha value is -2.30. The minimum Gasteiger partial charge on any atom is -0.480 e. The highest BCUT2D eigenvalue weighted by atomic mass is 16.4. The third kappa shape index (κ3) is 2.27. The lowest BCUT2D eigenvalue weighted by Gasteiger charge is -2.07. The van der Waals surface area contributed by atoms with E-state index in [4.69, 9.17) is 5.11 Å². The molecular weight excluding hydrogens is 256 g/mol. The first-order valence-electron chi connectivity index (χ1n) is 6.68. The molecule has 0 aliphatic heterocycles. The number of hydrogen-bond donors (Lipinski definition) is 2. The molecule has 1 heterocycles. The minimum atomic E-state index is -0.877. The van der Waals surface area contributed by atoms with E-state index in [1.807, 2.05) is 31.2 Å². The number of aliphatic carboxylic acids is 1. The second-order valence-electron chi connectivity index (χ2n) is 5.27. The van der Waals surface area contributed by atoms with Crippen molar-refractivity contribution >= 4 is 28.5 Å². The summed E-state index contributed by atoms with van der Waals surface area (Å²) in [6.45, 7) is 1.80. The van der Waals surface area contributed by atoms with Crippen LogP contribution in [0, 0.1) is 12.8 Å². The molecule has 1 fully saturated rings. The zero-order chi connectivity index (χ0) is 14.3. The molecule has 2 N–H and O–H groups in total. The van der Waals surface area contributed by atoms with E-state index < -0.39 is 5.97 Å². The van der Waals surface area contributed by atoms with Gasteiger partial charge in [0.1, 0.15) is 6.54 Å². The molecule has 1 amide bonds. The van der Waals surface area contributed by atoms with Gasteiger partial charge < -0.3 is 15.0 Å². The molecule has 104 valence electrons. The molecule has 5 nitrogen and oxygen atoms in total. The molecule has 0 atom stereocenters. The monoisotopic (exact) mass is 272 g/mol. The first-order chi connectivity index (χ1) is 9.56. The van der Waals surface area contributed by atoms with Gasteiger partial charge in [0.05, 0.1) is 11.2 Å². The van der Waals surface area contributed by atoms with Crippen LogP contribution >= 0.6 is 0 Å². The summed E-state index contributed by atoms with van der Waals surface area (Å²) in [6, 6.07) is 7.48. The molecule has 1 aromatic carbocycles. The summed E-state index contributed by atoms with van der Waals surface area (Å²) in [5.41, 5.74) is 2.46. The highest BCUT2D eigenvalue weighted by molar-refractivity contribution is 6.03. The van der Waals surface area contributed by atoms with Gasteiger partial charge in [0.25, 0.3) is 0 Å². The van der Waals surface area contributed by atoms with Crippen molar-refractivity contribution in [2.75, 3.05) is 5.32 Å². The fourth-order valence-electron chi connectivity index (χ4n) is 2.45. The van der Waals surface area contributed by atoms with Crippen LogP contribution in [0.1, 0.15) is 18.5 Å². The van der Waals surface area contributed by atoms with Crippen molar-refractivity contribution in [3.8, 4) is 0 Å². The molecule has 0 spiro atoms. The van der Waals surface area contributed by atoms with Crippen LogP contribution in [-0.2, 0) is 16.1 Å². The van der Waals surface area contributed by atoms with Gasteiger partial charge in [-0.15, -0.1) is 0 Å². The van der Waals surface area contributed by atoms with Crippen molar-refractivity contribution in [1.82, 2.24) is 4.57 Å². The van der Waals surface area contributed by atoms with E-state index in [0.29, 0.717) is 0 Å². The van der Waals surface area contributed by atoms with E-state index in [1.54, 1.807) is 4.57 Å². The third-order valence-corrected chi connectivity index (χ3v) is 3.65. The maximum Gasteiger partial charge on any atom is 0.323 e. The lowest BCUT2D eigenvalue weighted by atomic mass is 10.2. The number of nitrogens with zero attached hydrogens (tertiary/aromatic N) is 1. The molecule has 0 radical (unpaired) electrons. The maximum absolute atomic E-state index is 11.9. The summed E-state index contributed by atoms with van der Waals surface area (Å²) in [6.07, 6.45) is 1.92. The van der Waals surface area contributed by atoms with Crippen LogP contribution in [0.3, 0.4) is 0 Å². The Morgan fingerprint density at radius 3 is 2.80 bits per heavy atom. The number of aromatic nitrogens is 1.